The molecule has 0 amide bonds. The van der Waals surface area contributed by atoms with E-state index >= 15 is 0 Å². The number of carbonyl (C=O) groups is 1. The molecule has 0 spiro atoms. The number of esters is 1. The Bertz CT molecular complexity index is 249. The van der Waals surface area contributed by atoms with Crippen molar-refractivity contribution in [2.24, 2.45) is 11.3 Å². The largest absolute Gasteiger partial charge is 0.465 e. The summed E-state index contributed by atoms with van der Waals surface area (Å²) in [5.41, 5.74) is -0.429. The number of rotatable bonds is 5. The van der Waals surface area contributed by atoms with Gasteiger partial charge < -0.3 is 9.84 Å². The van der Waals surface area contributed by atoms with Crippen LogP contribution in [0.4, 0.5) is 0 Å². The number of ether oxygens (including phenoxy) is 1. The summed E-state index contributed by atoms with van der Waals surface area (Å²) in [5, 5.41) is 10.1. The minimum absolute atomic E-state index is 0.158. The van der Waals surface area contributed by atoms with Gasteiger partial charge in [-0.15, -0.1) is 0 Å². The third-order valence-corrected chi connectivity index (χ3v) is 3.68. The first-order chi connectivity index (χ1) is 8.41. The monoisotopic (exact) mass is 256 g/mol. The van der Waals surface area contributed by atoms with Crippen molar-refractivity contribution in [3.63, 3.8) is 0 Å². The molecule has 1 rings (SSSR count). The highest BCUT2D eigenvalue weighted by Gasteiger charge is 2.24. The topological polar surface area (TPSA) is 46.5 Å². The number of hydrogen-bond acceptors (Lipinski definition) is 3. The zero-order valence-corrected chi connectivity index (χ0v) is 12.1. The molecule has 1 aliphatic rings. The van der Waals surface area contributed by atoms with E-state index in [4.69, 9.17) is 4.74 Å². The van der Waals surface area contributed by atoms with Crippen LogP contribution in [0.15, 0.2) is 0 Å². The van der Waals surface area contributed by atoms with E-state index < -0.39 is 5.41 Å². The van der Waals surface area contributed by atoms with Gasteiger partial charge in [0.25, 0.3) is 0 Å². The summed E-state index contributed by atoms with van der Waals surface area (Å²) in [6, 6.07) is 0. The molecule has 0 aromatic rings. The molecule has 0 aromatic heterocycles. The molecule has 3 heteroatoms. The maximum absolute atomic E-state index is 11.5. The van der Waals surface area contributed by atoms with E-state index in [9.17, 15) is 9.90 Å². The van der Waals surface area contributed by atoms with Gasteiger partial charge in [0.1, 0.15) is 0 Å². The lowest BCUT2D eigenvalue weighted by atomic mass is 9.84. The zero-order chi connectivity index (χ0) is 13.6. The maximum atomic E-state index is 11.5. The molecule has 1 N–H and O–H groups in total. The Kier molecular flexibility index (Phi) is 6.13. The predicted molar refractivity (Wildman–Crippen MR) is 72.2 cm³/mol. The fourth-order valence-corrected chi connectivity index (χ4v) is 2.43. The molecule has 0 heterocycles. The van der Waals surface area contributed by atoms with Crippen LogP contribution >= 0.6 is 0 Å². The van der Waals surface area contributed by atoms with Crippen LogP contribution < -0.4 is 0 Å². The van der Waals surface area contributed by atoms with E-state index in [0.29, 0.717) is 12.5 Å². The normalized spacial score (nSPS) is 19.6. The summed E-state index contributed by atoms with van der Waals surface area (Å²) in [6.45, 7) is 5.99. The molecule has 0 saturated heterocycles. The summed E-state index contributed by atoms with van der Waals surface area (Å²) in [4.78, 5) is 11.5. The van der Waals surface area contributed by atoms with Crippen LogP contribution in [0.3, 0.4) is 0 Å². The van der Waals surface area contributed by atoms with Gasteiger partial charge in [-0.25, -0.2) is 0 Å². The third-order valence-electron chi connectivity index (χ3n) is 3.68. The van der Waals surface area contributed by atoms with E-state index in [1.807, 2.05) is 20.8 Å². The first kappa shape index (κ1) is 15.5. The molecular formula is C15H28O3. The maximum Gasteiger partial charge on any atom is 0.311 e. The summed E-state index contributed by atoms with van der Waals surface area (Å²) >= 11 is 0. The standard InChI is InChI=1S/C15H28O3/c1-15(2,3)14(17)18-11-7-10-13(16)12-8-5-4-6-9-12/h12-13,16H,4-11H2,1-3H3/t13-/m0/s1. The van der Waals surface area contributed by atoms with E-state index in [1.54, 1.807) is 0 Å². The van der Waals surface area contributed by atoms with Crippen molar-refractivity contribution >= 4 is 5.97 Å². The fourth-order valence-electron chi connectivity index (χ4n) is 2.43. The molecule has 1 saturated carbocycles. The van der Waals surface area contributed by atoms with Crippen molar-refractivity contribution in [3.05, 3.63) is 0 Å². The molecule has 1 aliphatic carbocycles. The molecule has 18 heavy (non-hydrogen) atoms. The second-order valence-electron chi connectivity index (χ2n) is 6.49. The second kappa shape index (κ2) is 7.13. The van der Waals surface area contributed by atoms with Crippen LogP contribution in [0, 0.1) is 11.3 Å². The zero-order valence-electron chi connectivity index (χ0n) is 12.1. The summed E-state index contributed by atoms with van der Waals surface area (Å²) in [5.74, 6) is 0.312. The number of carbonyl (C=O) groups excluding carboxylic acids is 1. The van der Waals surface area contributed by atoms with Gasteiger partial charge in [0.15, 0.2) is 0 Å². The van der Waals surface area contributed by atoms with Gasteiger partial charge in [-0.1, -0.05) is 19.3 Å². The van der Waals surface area contributed by atoms with E-state index in [0.717, 1.165) is 25.7 Å². The Hall–Kier alpha value is -0.570. The van der Waals surface area contributed by atoms with Crippen LogP contribution in [0.5, 0.6) is 0 Å². The number of hydrogen-bond donors (Lipinski definition) is 1. The molecular weight excluding hydrogens is 228 g/mol. The minimum Gasteiger partial charge on any atom is -0.465 e. The van der Waals surface area contributed by atoms with Crippen molar-refractivity contribution in [1.82, 2.24) is 0 Å². The van der Waals surface area contributed by atoms with Crippen molar-refractivity contribution in [3.8, 4) is 0 Å². The molecule has 0 bridgehead atoms. The Morgan fingerprint density at radius 1 is 1.28 bits per heavy atom. The van der Waals surface area contributed by atoms with Gasteiger partial charge in [-0.05, 0) is 52.4 Å². The number of aliphatic hydroxyl groups excluding tert-OH is 1. The quantitative estimate of drug-likeness (QED) is 0.606. The lowest BCUT2D eigenvalue weighted by Gasteiger charge is -2.26. The average Bonchev–Trinajstić information content (AvgIpc) is 2.34. The van der Waals surface area contributed by atoms with Crippen LogP contribution in [0.25, 0.3) is 0 Å². The minimum atomic E-state index is -0.429. The fraction of sp³-hybridized carbons (Fsp3) is 0.933. The molecule has 0 aliphatic heterocycles. The van der Waals surface area contributed by atoms with Gasteiger partial charge in [-0.3, -0.25) is 4.79 Å². The van der Waals surface area contributed by atoms with Crippen molar-refractivity contribution in [2.75, 3.05) is 6.61 Å². The molecule has 1 atom stereocenters. The van der Waals surface area contributed by atoms with Crippen LogP contribution in [0.1, 0.15) is 65.7 Å². The van der Waals surface area contributed by atoms with Gasteiger partial charge in [-0.2, -0.15) is 0 Å². The van der Waals surface area contributed by atoms with Crippen molar-refractivity contribution in [1.29, 1.82) is 0 Å². The molecule has 0 unspecified atom stereocenters. The Morgan fingerprint density at radius 3 is 2.44 bits per heavy atom. The van der Waals surface area contributed by atoms with Crippen LogP contribution in [-0.2, 0) is 9.53 Å². The Morgan fingerprint density at radius 2 is 1.89 bits per heavy atom. The highest BCUT2D eigenvalue weighted by molar-refractivity contribution is 5.75. The van der Waals surface area contributed by atoms with E-state index in [-0.39, 0.29) is 12.1 Å². The lowest BCUT2D eigenvalue weighted by Crippen LogP contribution is -2.25. The molecule has 0 radical (unpaired) electrons. The smallest absolute Gasteiger partial charge is 0.311 e. The van der Waals surface area contributed by atoms with Crippen molar-refractivity contribution in [2.45, 2.75) is 71.8 Å². The second-order valence-corrected chi connectivity index (χ2v) is 6.49. The summed E-state index contributed by atoms with van der Waals surface area (Å²) in [7, 11) is 0. The first-order valence-electron chi connectivity index (χ1n) is 7.26. The third kappa shape index (κ3) is 5.38. The van der Waals surface area contributed by atoms with Gasteiger partial charge in [0, 0.05) is 0 Å². The van der Waals surface area contributed by atoms with Gasteiger partial charge in [0.05, 0.1) is 18.1 Å². The molecule has 3 nitrogen and oxygen atoms in total. The van der Waals surface area contributed by atoms with E-state index in [2.05, 4.69) is 0 Å². The van der Waals surface area contributed by atoms with Crippen molar-refractivity contribution < 1.29 is 14.6 Å². The Balaban J connectivity index is 2.12. The number of aliphatic hydroxyl groups is 1. The first-order valence-corrected chi connectivity index (χ1v) is 7.26. The SMILES string of the molecule is CC(C)(C)C(=O)OCCC[C@H](O)C1CCCCC1. The van der Waals surface area contributed by atoms with E-state index in [1.165, 1.54) is 19.3 Å². The lowest BCUT2D eigenvalue weighted by molar-refractivity contribution is -0.153. The van der Waals surface area contributed by atoms with Gasteiger partial charge in [0.2, 0.25) is 0 Å². The van der Waals surface area contributed by atoms with Crippen LogP contribution in [-0.4, -0.2) is 23.8 Å². The molecule has 1 fully saturated rings. The Labute approximate surface area is 111 Å². The van der Waals surface area contributed by atoms with Gasteiger partial charge >= 0.3 is 5.97 Å². The highest BCUT2D eigenvalue weighted by atomic mass is 16.5. The predicted octanol–water partition coefficient (Wildman–Crippen LogP) is 3.30. The average molecular weight is 256 g/mol. The molecule has 106 valence electrons. The highest BCUT2D eigenvalue weighted by Crippen LogP contribution is 2.28. The van der Waals surface area contributed by atoms with Crippen LogP contribution in [0.2, 0.25) is 0 Å². The molecule has 0 aromatic carbocycles. The summed E-state index contributed by atoms with van der Waals surface area (Å²) < 4.78 is 5.19. The summed E-state index contributed by atoms with van der Waals surface area (Å²) in [6.07, 6.45) is 7.43.